The van der Waals surface area contributed by atoms with Crippen LogP contribution in [0, 0.1) is 5.41 Å². The van der Waals surface area contributed by atoms with Crippen LogP contribution in [0.1, 0.15) is 65.1 Å². The van der Waals surface area contributed by atoms with E-state index in [-0.39, 0.29) is 30.9 Å². The number of amidine groups is 1. The Morgan fingerprint density at radius 3 is 2.05 bits per heavy atom. The molecule has 0 bridgehead atoms. The van der Waals surface area contributed by atoms with Crippen LogP contribution in [-0.4, -0.2) is 63.4 Å². The second-order valence-corrected chi connectivity index (χ2v) is 12.0. The third kappa shape index (κ3) is 6.05. The zero-order valence-corrected chi connectivity index (χ0v) is 24.4. The Kier molecular flexibility index (Phi) is 8.27. The minimum Gasteiger partial charge on any atom is -0.352 e. The lowest BCUT2D eigenvalue weighted by molar-refractivity contribution is 0.0646. The molecule has 1 unspecified atom stereocenters. The van der Waals surface area contributed by atoms with Crippen molar-refractivity contribution in [3.05, 3.63) is 107 Å². The van der Waals surface area contributed by atoms with Gasteiger partial charge in [-0.3, -0.25) is 24.3 Å². The lowest BCUT2D eigenvalue weighted by atomic mass is 9.84. The van der Waals surface area contributed by atoms with Gasteiger partial charge in [-0.05, 0) is 46.7 Å². The van der Waals surface area contributed by atoms with Crippen molar-refractivity contribution in [3.8, 4) is 0 Å². The highest BCUT2D eigenvalue weighted by molar-refractivity contribution is 6.63. The molecule has 2 atom stereocenters. The van der Waals surface area contributed by atoms with Crippen LogP contribution in [0.15, 0.2) is 89.9 Å². The Labute approximate surface area is 246 Å². The Balaban J connectivity index is 1.41. The zero-order valence-electron chi connectivity index (χ0n) is 23.7. The van der Waals surface area contributed by atoms with Crippen molar-refractivity contribution >= 4 is 34.6 Å². The van der Waals surface area contributed by atoms with Gasteiger partial charge in [0.25, 0.3) is 11.8 Å². The number of carbonyl (C=O) groups excluding carboxylic acids is 3. The first kappa shape index (κ1) is 28.6. The molecule has 8 heteroatoms. The van der Waals surface area contributed by atoms with E-state index in [1.807, 2.05) is 36.4 Å². The Morgan fingerprint density at radius 1 is 0.927 bits per heavy atom. The van der Waals surface area contributed by atoms with Crippen LogP contribution in [0.3, 0.4) is 0 Å². The molecule has 0 saturated carbocycles. The first-order valence-corrected chi connectivity index (χ1v) is 14.4. The predicted octanol–water partition coefficient (Wildman–Crippen LogP) is 6.40. The summed E-state index contributed by atoms with van der Waals surface area (Å²) >= 11 is 6.28. The summed E-state index contributed by atoms with van der Waals surface area (Å²) in [5.41, 5.74) is 2.69. The first-order chi connectivity index (χ1) is 19.6. The Hall–Kier alpha value is -3.97. The summed E-state index contributed by atoms with van der Waals surface area (Å²) in [4.78, 5) is 49.1. The number of nitrogens with zero attached hydrogens (tertiary/aromatic N) is 4. The van der Waals surface area contributed by atoms with E-state index in [9.17, 15) is 14.4 Å². The van der Waals surface area contributed by atoms with Gasteiger partial charge in [0.1, 0.15) is 5.84 Å². The summed E-state index contributed by atoms with van der Waals surface area (Å²) < 4.78 is 0. The average Bonchev–Trinajstić information content (AvgIpc) is 3.47. The van der Waals surface area contributed by atoms with Crippen LogP contribution in [0.4, 0.5) is 4.79 Å². The molecule has 3 aromatic carbocycles. The number of imide groups is 1. The highest BCUT2D eigenvalue weighted by Gasteiger charge is 2.43. The van der Waals surface area contributed by atoms with Crippen molar-refractivity contribution in [2.24, 2.45) is 10.4 Å². The molecule has 3 aromatic rings. The smallest absolute Gasteiger partial charge is 0.317 e. The van der Waals surface area contributed by atoms with E-state index in [2.05, 4.69) is 49.9 Å². The van der Waals surface area contributed by atoms with E-state index in [0.717, 1.165) is 17.0 Å². The van der Waals surface area contributed by atoms with E-state index >= 15 is 0 Å². The van der Waals surface area contributed by atoms with Crippen LogP contribution in [0.2, 0.25) is 0 Å². The molecule has 2 aliphatic rings. The van der Waals surface area contributed by atoms with Crippen LogP contribution < -0.4 is 0 Å². The number of carbonyl (C=O) groups is 3. The number of fused-ring (bicyclic) bond motifs is 1. The Bertz CT molecular complexity index is 1420. The SMILES string of the molecule is CC(C)(C)[C@H](C1=NC(c2ccccc2)CN1Cc1ccccc1)N(CCCN1C(=O)c2ccccc2C1=O)C(=O)Cl. The quantitative estimate of drug-likeness (QED) is 0.169. The molecule has 0 spiro atoms. The highest BCUT2D eigenvalue weighted by Crippen LogP contribution is 2.35. The van der Waals surface area contributed by atoms with Gasteiger partial charge < -0.3 is 9.80 Å². The van der Waals surface area contributed by atoms with E-state index in [1.165, 1.54) is 4.90 Å². The molecule has 0 N–H and O–H groups in total. The summed E-state index contributed by atoms with van der Waals surface area (Å²) in [7, 11) is 0. The molecule has 5 rings (SSSR count). The molecule has 2 aliphatic heterocycles. The van der Waals surface area contributed by atoms with Gasteiger partial charge in [0.2, 0.25) is 0 Å². The molecule has 0 saturated heterocycles. The maximum absolute atomic E-state index is 13.0. The molecular weight excluding hydrogens is 536 g/mol. The van der Waals surface area contributed by atoms with Crippen LogP contribution in [0.25, 0.3) is 0 Å². The Morgan fingerprint density at radius 2 is 1.49 bits per heavy atom. The first-order valence-electron chi connectivity index (χ1n) is 14.0. The molecule has 0 aliphatic carbocycles. The summed E-state index contributed by atoms with van der Waals surface area (Å²) in [5, 5.41) is -0.585. The fourth-order valence-corrected chi connectivity index (χ4v) is 5.97. The van der Waals surface area contributed by atoms with Crippen molar-refractivity contribution in [2.75, 3.05) is 19.6 Å². The van der Waals surface area contributed by atoms with E-state index in [4.69, 9.17) is 16.6 Å². The van der Waals surface area contributed by atoms with Crippen molar-refractivity contribution in [1.29, 1.82) is 0 Å². The molecular formula is C33H35ClN4O3. The molecule has 7 nitrogen and oxygen atoms in total. The average molecular weight is 571 g/mol. The third-order valence-electron chi connectivity index (χ3n) is 7.67. The molecule has 2 heterocycles. The maximum atomic E-state index is 13.0. The summed E-state index contributed by atoms with van der Waals surface area (Å²) in [6.45, 7) is 8.02. The van der Waals surface area contributed by atoms with Crippen LogP contribution in [-0.2, 0) is 6.54 Å². The molecule has 0 fully saturated rings. The van der Waals surface area contributed by atoms with E-state index in [1.54, 1.807) is 29.2 Å². The molecule has 0 radical (unpaired) electrons. The van der Waals surface area contributed by atoms with Gasteiger partial charge >= 0.3 is 5.37 Å². The topological polar surface area (TPSA) is 73.3 Å². The zero-order chi connectivity index (χ0) is 29.1. The normalized spacial score (nSPS) is 17.5. The number of rotatable bonds is 9. The number of halogens is 1. The van der Waals surface area contributed by atoms with Gasteiger partial charge in [-0.2, -0.15) is 0 Å². The lowest BCUT2D eigenvalue weighted by Gasteiger charge is -2.41. The highest BCUT2D eigenvalue weighted by atomic mass is 35.5. The van der Waals surface area contributed by atoms with Gasteiger partial charge in [0.15, 0.2) is 0 Å². The number of aliphatic imine (C=N–C) groups is 1. The summed E-state index contributed by atoms with van der Waals surface area (Å²) in [6, 6.07) is 26.7. The van der Waals surface area contributed by atoms with Gasteiger partial charge in [-0.15, -0.1) is 0 Å². The predicted molar refractivity (Wildman–Crippen MR) is 161 cm³/mol. The van der Waals surface area contributed by atoms with Crippen molar-refractivity contribution in [1.82, 2.24) is 14.7 Å². The minimum absolute atomic E-state index is 0.0783. The lowest BCUT2D eigenvalue weighted by Crippen LogP contribution is -2.55. The number of hydrogen-bond acceptors (Lipinski definition) is 5. The van der Waals surface area contributed by atoms with Crippen molar-refractivity contribution in [3.63, 3.8) is 0 Å². The van der Waals surface area contributed by atoms with Crippen molar-refractivity contribution in [2.45, 2.75) is 45.8 Å². The summed E-state index contributed by atoms with van der Waals surface area (Å²) in [5.74, 6) is 0.202. The third-order valence-corrected chi connectivity index (χ3v) is 7.88. The number of benzene rings is 3. The minimum atomic E-state index is -0.585. The molecule has 3 amide bonds. The maximum Gasteiger partial charge on any atom is 0.317 e. The van der Waals surface area contributed by atoms with Gasteiger partial charge in [0, 0.05) is 26.2 Å². The van der Waals surface area contributed by atoms with Crippen molar-refractivity contribution < 1.29 is 14.4 Å². The second kappa shape index (κ2) is 11.9. The molecule has 41 heavy (non-hydrogen) atoms. The van der Waals surface area contributed by atoms with E-state index in [0.29, 0.717) is 30.6 Å². The van der Waals surface area contributed by atoms with E-state index < -0.39 is 16.8 Å². The largest absolute Gasteiger partial charge is 0.352 e. The van der Waals surface area contributed by atoms with Gasteiger partial charge in [0.05, 0.1) is 23.2 Å². The fraction of sp³-hybridized carbons (Fsp3) is 0.333. The monoisotopic (exact) mass is 570 g/mol. The van der Waals surface area contributed by atoms with Gasteiger partial charge in [-0.1, -0.05) is 93.6 Å². The number of amides is 3. The van der Waals surface area contributed by atoms with Crippen LogP contribution >= 0.6 is 11.6 Å². The van der Waals surface area contributed by atoms with Crippen LogP contribution in [0.5, 0.6) is 0 Å². The summed E-state index contributed by atoms with van der Waals surface area (Å²) in [6.07, 6.45) is 0.393. The molecule has 0 aromatic heterocycles. The second-order valence-electron chi connectivity index (χ2n) is 11.7. The molecule has 212 valence electrons. The standard InChI is InChI=1S/C33H35ClN4O3/c1-33(2,3)28(37(32(34)41)19-12-20-38-30(39)25-17-10-11-18-26(25)31(38)40)29-35-27(24-15-8-5-9-16-24)22-36(29)21-23-13-6-4-7-14-23/h4-11,13-18,27-28H,12,19-22H2,1-3H3/t27?,28-/m0/s1. The van der Waals surface area contributed by atoms with Gasteiger partial charge in [-0.25, -0.2) is 0 Å². The number of hydrogen-bond donors (Lipinski definition) is 0. The fourth-order valence-electron chi connectivity index (χ4n) is 5.79.